The van der Waals surface area contributed by atoms with E-state index in [0.717, 1.165) is 0 Å². The van der Waals surface area contributed by atoms with E-state index in [1.165, 1.54) is 44.7 Å². The monoisotopic (exact) mass is 434 g/mol. The van der Waals surface area contributed by atoms with Crippen molar-refractivity contribution in [1.29, 1.82) is 0 Å². The van der Waals surface area contributed by atoms with Crippen LogP contribution in [0.4, 0.5) is 18.9 Å². The van der Waals surface area contributed by atoms with E-state index in [-0.39, 0.29) is 17.1 Å². The Labute approximate surface area is 155 Å². The minimum Gasteiger partial charge on any atom is -0.495 e. The van der Waals surface area contributed by atoms with Gasteiger partial charge in [-0.05, 0) is 34.1 Å². The zero-order chi connectivity index (χ0) is 19.3. The molecular weight excluding hydrogens is 421 g/mol. The third kappa shape index (κ3) is 5.25. The highest BCUT2D eigenvalue weighted by Crippen LogP contribution is 2.35. The van der Waals surface area contributed by atoms with Gasteiger partial charge in [-0.25, -0.2) is 4.98 Å². The van der Waals surface area contributed by atoms with Crippen molar-refractivity contribution in [3.63, 3.8) is 0 Å². The molecule has 10 heteroatoms. The molecule has 6 nitrogen and oxygen atoms in total. The van der Waals surface area contributed by atoms with E-state index >= 15 is 0 Å². The first-order valence-electron chi connectivity index (χ1n) is 7.12. The van der Waals surface area contributed by atoms with E-state index < -0.39 is 18.7 Å². The van der Waals surface area contributed by atoms with Crippen molar-refractivity contribution in [2.75, 3.05) is 26.1 Å². The summed E-state index contributed by atoms with van der Waals surface area (Å²) in [6.07, 6.45) is -3.26. The standard InChI is InChI=1S/C16H14BrF3N2O4/c1-24-11-5-9(6-12(25-2)14(11)17)15(23)22-10-3-4-13(21-7-10)26-8-16(18,19)20/h3-7H,8H2,1-2H3,(H,22,23). The molecular formula is C16H14BrF3N2O4. The van der Waals surface area contributed by atoms with Crippen molar-refractivity contribution in [2.45, 2.75) is 6.18 Å². The second-order valence-corrected chi connectivity index (χ2v) is 5.73. The lowest BCUT2D eigenvalue weighted by molar-refractivity contribution is -0.154. The molecule has 0 saturated heterocycles. The third-order valence-electron chi connectivity index (χ3n) is 3.09. The van der Waals surface area contributed by atoms with E-state index in [9.17, 15) is 18.0 Å². The van der Waals surface area contributed by atoms with Gasteiger partial charge in [-0.2, -0.15) is 13.2 Å². The van der Waals surface area contributed by atoms with Crippen molar-refractivity contribution in [3.05, 3.63) is 40.5 Å². The molecule has 0 radical (unpaired) electrons. The number of nitrogens with zero attached hydrogens (tertiary/aromatic N) is 1. The van der Waals surface area contributed by atoms with E-state index in [4.69, 9.17) is 9.47 Å². The lowest BCUT2D eigenvalue weighted by Crippen LogP contribution is -2.19. The maximum atomic E-state index is 12.4. The maximum Gasteiger partial charge on any atom is 0.422 e. The second-order valence-electron chi connectivity index (χ2n) is 4.94. The van der Waals surface area contributed by atoms with Crippen LogP contribution in [0, 0.1) is 0 Å². The van der Waals surface area contributed by atoms with E-state index in [2.05, 4.69) is 31.0 Å². The lowest BCUT2D eigenvalue weighted by Gasteiger charge is -2.12. The van der Waals surface area contributed by atoms with Crippen LogP contribution in [0.15, 0.2) is 34.9 Å². The number of carbonyl (C=O) groups is 1. The number of benzene rings is 1. The topological polar surface area (TPSA) is 69.7 Å². The first kappa shape index (κ1) is 19.8. The van der Waals surface area contributed by atoms with Crippen LogP contribution >= 0.6 is 15.9 Å². The summed E-state index contributed by atoms with van der Waals surface area (Å²) >= 11 is 3.30. The van der Waals surface area contributed by atoms with Gasteiger partial charge in [0.05, 0.1) is 26.1 Å². The number of halogens is 4. The molecule has 1 amide bonds. The van der Waals surface area contributed by atoms with Gasteiger partial charge in [-0.15, -0.1) is 0 Å². The molecule has 1 heterocycles. The van der Waals surface area contributed by atoms with Crippen molar-refractivity contribution in [1.82, 2.24) is 4.98 Å². The summed E-state index contributed by atoms with van der Waals surface area (Å²) in [5.74, 6) is 0.138. The normalized spacial score (nSPS) is 11.0. The van der Waals surface area contributed by atoms with E-state index in [0.29, 0.717) is 16.0 Å². The molecule has 0 fully saturated rings. The number of rotatable bonds is 6. The molecule has 0 saturated carbocycles. The largest absolute Gasteiger partial charge is 0.495 e. The van der Waals surface area contributed by atoms with Gasteiger partial charge >= 0.3 is 6.18 Å². The van der Waals surface area contributed by atoms with Gasteiger partial charge in [0.2, 0.25) is 5.88 Å². The summed E-state index contributed by atoms with van der Waals surface area (Å²) in [7, 11) is 2.90. The fourth-order valence-corrected chi connectivity index (χ4v) is 2.45. The minimum atomic E-state index is -4.45. The van der Waals surface area contributed by atoms with Crippen LogP contribution in [0.25, 0.3) is 0 Å². The number of anilines is 1. The predicted octanol–water partition coefficient (Wildman–Crippen LogP) is 4.05. The van der Waals surface area contributed by atoms with Gasteiger partial charge in [0.15, 0.2) is 6.61 Å². The third-order valence-corrected chi connectivity index (χ3v) is 3.87. The number of carbonyl (C=O) groups excluding carboxylic acids is 1. The highest BCUT2D eigenvalue weighted by atomic mass is 79.9. The number of nitrogens with one attached hydrogen (secondary N) is 1. The first-order chi connectivity index (χ1) is 12.2. The van der Waals surface area contributed by atoms with Crippen LogP contribution < -0.4 is 19.5 Å². The fraction of sp³-hybridized carbons (Fsp3) is 0.250. The van der Waals surface area contributed by atoms with Crippen LogP contribution in [0.1, 0.15) is 10.4 Å². The predicted molar refractivity (Wildman–Crippen MR) is 91.0 cm³/mol. The Bertz CT molecular complexity index is 757. The molecule has 2 aromatic rings. The summed E-state index contributed by atoms with van der Waals surface area (Å²) in [6, 6.07) is 5.63. The Morgan fingerprint density at radius 2 is 1.81 bits per heavy atom. The van der Waals surface area contributed by atoms with Crippen LogP contribution in [0.2, 0.25) is 0 Å². The molecule has 0 atom stereocenters. The quantitative estimate of drug-likeness (QED) is 0.742. The number of hydrogen-bond acceptors (Lipinski definition) is 5. The molecule has 26 heavy (non-hydrogen) atoms. The van der Waals surface area contributed by atoms with Gasteiger partial charge in [0, 0.05) is 11.6 Å². The molecule has 140 valence electrons. The molecule has 0 bridgehead atoms. The summed E-state index contributed by atoms with van der Waals surface area (Å²) in [4.78, 5) is 16.1. The Balaban J connectivity index is 2.10. The Morgan fingerprint density at radius 3 is 2.27 bits per heavy atom. The van der Waals surface area contributed by atoms with E-state index in [1.807, 2.05) is 0 Å². The van der Waals surface area contributed by atoms with Crippen molar-refractivity contribution < 1.29 is 32.2 Å². The van der Waals surface area contributed by atoms with Crippen molar-refractivity contribution in [2.24, 2.45) is 0 Å². The van der Waals surface area contributed by atoms with E-state index in [1.54, 1.807) is 0 Å². The number of pyridine rings is 1. The smallest absolute Gasteiger partial charge is 0.422 e. The molecule has 1 N–H and O–H groups in total. The molecule has 0 aliphatic heterocycles. The summed E-state index contributed by atoms with van der Waals surface area (Å²) < 4.78 is 51.7. The number of aromatic nitrogens is 1. The lowest BCUT2D eigenvalue weighted by atomic mass is 10.2. The summed E-state index contributed by atoms with van der Waals surface area (Å²) in [5.41, 5.74) is 0.550. The second kappa shape index (κ2) is 8.26. The Hall–Kier alpha value is -2.49. The van der Waals surface area contributed by atoms with Crippen LogP contribution in [-0.4, -0.2) is 37.9 Å². The van der Waals surface area contributed by atoms with Gasteiger partial charge < -0.3 is 19.5 Å². The highest BCUT2D eigenvalue weighted by molar-refractivity contribution is 9.10. The van der Waals surface area contributed by atoms with Crippen LogP contribution in [0.3, 0.4) is 0 Å². The number of hydrogen-bond donors (Lipinski definition) is 1. The average molecular weight is 435 g/mol. The number of ether oxygens (including phenoxy) is 3. The molecule has 0 aliphatic carbocycles. The summed E-state index contributed by atoms with van der Waals surface area (Å²) in [6.45, 7) is -1.44. The zero-order valence-corrected chi connectivity index (χ0v) is 15.3. The van der Waals surface area contributed by atoms with Crippen LogP contribution in [-0.2, 0) is 0 Å². The Morgan fingerprint density at radius 1 is 1.19 bits per heavy atom. The number of methoxy groups -OCH3 is 2. The first-order valence-corrected chi connectivity index (χ1v) is 7.91. The molecule has 2 rings (SSSR count). The average Bonchev–Trinajstić information content (AvgIpc) is 2.60. The molecule has 0 unspecified atom stereocenters. The van der Waals surface area contributed by atoms with Gasteiger partial charge in [0.1, 0.15) is 16.0 Å². The Kier molecular flexibility index (Phi) is 6.30. The van der Waals surface area contributed by atoms with Crippen molar-refractivity contribution in [3.8, 4) is 17.4 Å². The molecule has 0 aliphatic rings. The van der Waals surface area contributed by atoms with Crippen molar-refractivity contribution >= 4 is 27.5 Å². The molecule has 0 spiro atoms. The highest BCUT2D eigenvalue weighted by Gasteiger charge is 2.28. The fourth-order valence-electron chi connectivity index (χ4n) is 1.90. The SMILES string of the molecule is COc1cc(C(=O)Nc2ccc(OCC(F)(F)F)nc2)cc(OC)c1Br. The zero-order valence-electron chi connectivity index (χ0n) is 13.7. The van der Waals surface area contributed by atoms with Crippen LogP contribution in [0.5, 0.6) is 17.4 Å². The molecule has 1 aromatic carbocycles. The van der Waals surface area contributed by atoms with Gasteiger partial charge in [0.25, 0.3) is 5.91 Å². The maximum absolute atomic E-state index is 12.4. The van der Waals surface area contributed by atoms with Gasteiger partial charge in [-0.1, -0.05) is 0 Å². The minimum absolute atomic E-state index is 0.202. The van der Waals surface area contributed by atoms with Gasteiger partial charge in [-0.3, -0.25) is 4.79 Å². The number of amides is 1. The molecule has 1 aromatic heterocycles. The summed E-state index contributed by atoms with van der Waals surface area (Å²) in [5, 5.41) is 2.57. The number of alkyl halides is 3.